The van der Waals surface area contributed by atoms with Gasteiger partial charge in [-0.05, 0) is 42.6 Å². The number of likely N-dealkylation sites (tertiary alicyclic amines) is 1. The number of rotatable bonds is 4. The van der Waals surface area contributed by atoms with Crippen molar-refractivity contribution in [3.8, 4) is 11.8 Å². The summed E-state index contributed by atoms with van der Waals surface area (Å²) < 4.78 is 13.7. The molecule has 0 radical (unpaired) electrons. The molecule has 2 atom stereocenters. The molecule has 2 unspecified atom stereocenters. The van der Waals surface area contributed by atoms with Crippen molar-refractivity contribution in [3.63, 3.8) is 0 Å². The van der Waals surface area contributed by atoms with Gasteiger partial charge >= 0.3 is 0 Å². The Bertz CT molecular complexity index is 535. The van der Waals surface area contributed by atoms with Gasteiger partial charge in [-0.2, -0.15) is 0 Å². The van der Waals surface area contributed by atoms with E-state index in [1.54, 1.807) is 0 Å². The fraction of sp³-hybridized carbons (Fsp3) is 0.529. The monoisotopic (exact) mass is 291 g/mol. The molecule has 0 aliphatic carbocycles. The van der Waals surface area contributed by atoms with Crippen LogP contribution in [0.3, 0.4) is 0 Å². The summed E-state index contributed by atoms with van der Waals surface area (Å²) in [6, 6.07) is 4.96. The molecule has 1 aromatic rings. The molecule has 1 saturated heterocycles. The van der Waals surface area contributed by atoms with Crippen LogP contribution in [0.2, 0.25) is 0 Å². The zero-order valence-electron chi connectivity index (χ0n) is 12.3. The third-order valence-electron chi connectivity index (χ3n) is 4.00. The lowest BCUT2D eigenvalue weighted by Gasteiger charge is -2.25. The lowest BCUT2D eigenvalue weighted by Crippen LogP contribution is -2.34. The Morgan fingerprint density at radius 3 is 2.86 bits per heavy atom. The molecule has 1 aliphatic heterocycles. The number of hydrogen-bond donors (Lipinski definition) is 2. The van der Waals surface area contributed by atoms with Gasteiger partial charge in [-0.15, -0.1) is 0 Å². The number of hydrogen-bond acceptors (Lipinski definition) is 3. The zero-order chi connectivity index (χ0) is 15.2. The summed E-state index contributed by atoms with van der Waals surface area (Å²) in [6.07, 6.45) is 1.45. The Kier molecular flexibility index (Phi) is 5.75. The predicted molar refractivity (Wildman–Crippen MR) is 80.0 cm³/mol. The van der Waals surface area contributed by atoms with E-state index in [4.69, 9.17) is 5.11 Å². The van der Waals surface area contributed by atoms with Crippen molar-refractivity contribution in [1.29, 1.82) is 0 Å². The summed E-state index contributed by atoms with van der Waals surface area (Å²) >= 11 is 0. The molecule has 3 nitrogen and oxygen atoms in total. The minimum absolute atomic E-state index is 0.0129. The van der Waals surface area contributed by atoms with Gasteiger partial charge in [0.25, 0.3) is 0 Å². The normalized spacial score (nSPS) is 22.1. The molecular formula is C17H22FNO2. The van der Waals surface area contributed by atoms with Gasteiger partial charge in [-0.3, -0.25) is 4.90 Å². The summed E-state index contributed by atoms with van der Waals surface area (Å²) in [4.78, 5) is 2.20. The topological polar surface area (TPSA) is 43.7 Å². The predicted octanol–water partition coefficient (Wildman–Crippen LogP) is 1.76. The van der Waals surface area contributed by atoms with Crippen molar-refractivity contribution in [3.05, 3.63) is 35.1 Å². The largest absolute Gasteiger partial charge is 0.395 e. The van der Waals surface area contributed by atoms with Gasteiger partial charge in [0.1, 0.15) is 5.82 Å². The van der Waals surface area contributed by atoms with Crippen molar-refractivity contribution in [1.82, 2.24) is 4.90 Å². The molecule has 0 spiro atoms. The van der Waals surface area contributed by atoms with Crippen LogP contribution in [0.15, 0.2) is 18.2 Å². The third kappa shape index (κ3) is 4.28. The molecule has 2 N–H and O–H groups in total. The zero-order valence-corrected chi connectivity index (χ0v) is 12.3. The first-order valence-electron chi connectivity index (χ1n) is 7.38. The number of aliphatic hydroxyl groups excluding tert-OH is 2. The SMILES string of the molecule is CC1CCN(Cc2cc(F)cc(C#CCCO)c2)C1CO. The molecule has 1 heterocycles. The maximum absolute atomic E-state index is 13.7. The van der Waals surface area contributed by atoms with Crippen LogP contribution in [-0.4, -0.2) is 40.9 Å². The first-order valence-corrected chi connectivity index (χ1v) is 7.38. The quantitative estimate of drug-likeness (QED) is 0.831. The highest BCUT2D eigenvalue weighted by Gasteiger charge is 2.30. The lowest BCUT2D eigenvalue weighted by molar-refractivity contribution is 0.134. The van der Waals surface area contributed by atoms with Gasteiger partial charge in [0.05, 0.1) is 13.2 Å². The average Bonchev–Trinajstić information content (AvgIpc) is 2.78. The molecule has 4 heteroatoms. The minimum atomic E-state index is -0.298. The minimum Gasteiger partial charge on any atom is -0.395 e. The van der Waals surface area contributed by atoms with Gasteiger partial charge < -0.3 is 10.2 Å². The molecule has 1 fully saturated rings. The molecule has 0 saturated carbocycles. The fourth-order valence-electron chi connectivity index (χ4n) is 2.85. The van der Waals surface area contributed by atoms with Crippen molar-refractivity contribution < 1.29 is 14.6 Å². The van der Waals surface area contributed by atoms with Crippen molar-refractivity contribution in [2.75, 3.05) is 19.8 Å². The number of benzene rings is 1. The highest BCUT2D eigenvalue weighted by Crippen LogP contribution is 2.25. The van der Waals surface area contributed by atoms with Gasteiger partial charge in [0, 0.05) is 24.6 Å². The summed E-state index contributed by atoms with van der Waals surface area (Å²) in [7, 11) is 0. The van der Waals surface area contributed by atoms with E-state index in [0.29, 0.717) is 24.4 Å². The summed E-state index contributed by atoms with van der Waals surface area (Å²) in [5, 5.41) is 18.2. The van der Waals surface area contributed by atoms with E-state index in [-0.39, 0.29) is 25.1 Å². The van der Waals surface area contributed by atoms with E-state index in [9.17, 15) is 9.50 Å². The smallest absolute Gasteiger partial charge is 0.124 e. The molecule has 2 rings (SSSR count). The molecule has 114 valence electrons. The van der Waals surface area contributed by atoms with Crippen LogP contribution >= 0.6 is 0 Å². The van der Waals surface area contributed by atoms with Crippen LogP contribution in [0.25, 0.3) is 0 Å². The highest BCUT2D eigenvalue weighted by atomic mass is 19.1. The Labute approximate surface area is 125 Å². The summed E-state index contributed by atoms with van der Waals surface area (Å²) in [5.41, 5.74) is 1.50. The molecular weight excluding hydrogens is 269 g/mol. The first kappa shape index (κ1) is 16.0. The van der Waals surface area contributed by atoms with E-state index < -0.39 is 0 Å². The number of nitrogens with zero attached hydrogens (tertiary/aromatic N) is 1. The molecule has 21 heavy (non-hydrogen) atoms. The van der Waals surface area contributed by atoms with Crippen LogP contribution in [-0.2, 0) is 6.54 Å². The Morgan fingerprint density at radius 1 is 1.33 bits per heavy atom. The molecule has 0 aromatic heterocycles. The van der Waals surface area contributed by atoms with Gasteiger partial charge in [0.15, 0.2) is 0 Å². The standard InChI is InChI=1S/C17H22FNO2/c1-13-5-6-19(17(13)12-21)11-15-8-14(4-2-3-7-20)9-16(18)10-15/h8-10,13,17,20-21H,3,5-7,11-12H2,1H3. The van der Waals surface area contributed by atoms with Crippen LogP contribution in [0.1, 0.15) is 30.9 Å². The Morgan fingerprint density at radius 2 is 2.14 bits per heavy atom. The second-order valence-electron chi connectivity index (χ2n) is 5.61. The van der Waals surface area contributed by atoms with Crippen LogP contribution in [0.5, 0.6) is 0 Å². The molecule has 0 bridgehead atoms. The third-order valence-corrected chi connectivity index (χ3v) is 4.00. The Hall–Kier alpha value is -1.41. The Balaban J connectivity index is 2.12. The van der Waals surface area contributed by atoms with E-state index in [2.05, 4.69) is 23.7 Å². The van der Waals surface area contributed by atoms with E-state index in [0.717, 1.165) is 18.5 Å². The van der Waals surface area contributed by atoms with Gasteiger partial charge in [-0.25, -0.2) is 4.39 Å². The van der Waals surface area contributed by atoms with E-state index >= 15 is 0 Å². The van der Waals surface area contributed by atoms with Crippen LogP contribution < -0.4 is 0 Å². The van der Waals surface area contributed by atoms with E-state index in [1.807, 2.05) is 6.07 Å². The van der Waals surface area contributed by atoms with Crippen LogP contribution in [0, 0.1) is 23.6 Å². The van der Waals surface area contributed by atoms with Crippen molar-refractivity contribution in [2.24, 2.45) is 5.92 Å². The second-order valence-corrected chi connectivity index (χ2v) is 5.61. The molecule has 0 amide bonds. The van der Waals surface area contributed by atoms with Gasteiger partial charge in [0.2, 0.25) is 0 Å². The molecule has 1 aromatic carbocycles. The number of halogens is 1. The maximum atomic E-state index is 13.7. The van der Waals surface area contributed by atoms with Crippen LogP contribution in [0.4, 0.5) is 4.39 Å². The second kappa shape index (κ2) is 7.56. The number of aliphatic hydroxyl groups is 2. The summed E-state index contributed by atoms with van der Waals surface area (Å²) in [5.74, 6) is 5.84. The highest BCUT2D eigenvalue weighted by molar-refractivity contribution is 5.37. The fourth-order valence-corrected chi connectivity index (χ4v) is 2.85. The lowest BCUT2D eigenvalue weighted by atomic mass is 10.0. The van der Waals surface area contributed by atoms with Crippen molar-refractivity contribution in [2.45, 2.75) is 32.4 Å². The molecule has 1 aliphatic rings. The van der Waals surface area contributed by atoms with Crippen molar-refractivity contribution >= 4 is 0 Å². The maximum Gasteiger partial charge on any atom is 0.124 e. The van der Waals surface area contributed by atoms with E-state index in [1.165, 1.54) is 12.1 Å². The average molecular weight is 291 g/mol. The summed E-state index contributed by atoms with van der Waals surface area (Å²) in [6.45, 7) is 3.84. The van der Waals surface area contributed by atoms with Gasteiger partial charge in [-0.1, -0.05) is 18.8 Å². The first-order chi connectivity index (χ1) is 10.1.